The first-order chi connectivity index (χ1) is 8.61. The molecule has 0 saturated carbocycles. The molecule has 1 aliphatic heterocycles. The lowest BCUT2D eigenvalue weighted by molar-refractivity contribution is -0.125. The summed E-state index contributed by atoms with van der Waals surface area (Å²) in [6.45, 7) is 3.64. The molecule has 0 unspecified atom stereocenters. The number of nitrogen functional groups attached to an aromatic ring is 1. The number of aromatic nitrogens is 1. The van der Waals surface area contributed by atoms with Gasteiger partial charge < -0.3 is 16.0 Å². The van der Waals surface area contributed by atoms with E-state index in [4.69, 9.17) is 5.73 Å². The number of hydrogen-bond donors (Lipinski definition) is 2. The number of aryl methyl sites for hydroxylation is 1. The molecule has 18 heavy (non-hydrogen) atoms. The number of pyridine rings is 1. The molecular weight excluding hydrogens is 228 g/mol. The first-order valence-electron chi connectivity index (χ1n) is 6.30. The molecule has 0 bridgehead atoms. The Labute approximate surface area is 107 Å². The summed E-state index contributed by atoms with van der Waals surface area (Å²) in [5.41, 5.74) is 7.77. The highest BCUT2D eigenvalue weighted by molar-refractivity contribution is 5.78. The largest absolute Gasteiger partial charge is 0.396 e. The van der Waals surface area contributed by atoms with Gasteiger partial charge in [-0.3, -0.25) is 4.79 Å². The average Bonchev–Trinajstić information content (AvgIpc) is 2.38. The van der Waals surface area contributed by atoms with Gasteiger partial charge in [-0.15, -0.1) is 0 Å². The number of nitrogens with two attached hydrogens (primary N) is 1. The van der Waals surface area contributed by atoms with Gasteiger partial charge in [0.05, 0.1) is 5.69 Å². The van der Waals surface area contributed by atoms with Gasteiger partial charge in [-0.25, -0.2) is 4.98 Å². The van der Waals surface area contributed by atoms with E-state index >= 15 is 0 Å². The molecule has 0 spiro atoms. The molecule has 0 radical (unpaired) electrons. The SMILES string of the molecule is CNC(=O)C1CCN(c2ncc(C)cc2N)CC1. The van der Waals surface area contributed by atoms with E-state index in [1.165, 1.54) is 0 Å². The zero-order valence-corrected chi connectivity index (χ0v) is 10.9. The Kier molecular flexibility index (Phi) is 3.69. The zero-order chi connectivity index (χ0) is 13.1. The maximum Gasteiger partial charge on any atom is 0.222 e. The molecule has 3 N–H and O–H groups in total. The Morgan fingerprint density at radius 2 is 2.17 bits per heavy atom. The van der Waals surface area contributed by atoms with Crippen LogP contribution in [0.1, 0.15) is 18.4 Å². The minimum atomic E-state index is 0.123. The molecule has 1 aromatic rings. The van der Waals surface area contributed by atoms with Crippen molar-refractivity contribution in [3.05, 3.63) is 17.8 Å². The number of nitrogens with one attached hydrogen (secondary N) is 1. The van der Waals surface area contributed by atoms with Crippen molar-refractivity contribution in [3.63, 3.8) is 0 Å². The highest BCUT2D eigenvalue weighted by Crippen LogP contribution is 2.26. The summed E-state index contributed by atoms with van der Waals surface area (Å²) >= 11 is 0. The fourth-order valence-corrected chi connectivity index (χ4v) is 2.41. The van der Waals surface area contributed by atoms with E-state index in [9.17, 15) is 4.79 Å². The summed E-state index contributed by atoms with van der Waals surface area (Å²) in [5.74, 6) is 1.10. The van der Waals surface area contributed by atoms with E-state index in [1.54, 1.807) is 7.05 Å². The molecule has 2 heterocycles. The Morgan fingerprint density at radius 1 is 1.50 bits per heavy atom. The third-order valence-electron chi connectivity index (χ3n) is 3.44. The van der Waals surface area contributed by atoms with E-state index < -0.39 is 0 Å². The van der Waals surface area contributed by atoms with Gasteiger partial charge in [-0.05, 0) is 31.4 Å². The molecule has 1 aromatic heterocycles. The molecular formula is C13H20N4O. The lowest BCUT2D eigenvalue weighted by Gasteiger charge is -2.32. The van der Waals surface area contributed by atoms with Crippen molar-refractivity contribution in [3.8, 4) is 0 Å². The fraction of sp³-hybridized carbons (Fsp3) is 0.538. The van der Waals surface area contributed by atoms with Crippen LogP contribution in [-0.2, 0) is 4.79 Å². The van der Waals surface area contributed by atoms with Gasteiger partial charge in [0, 0.05) is 32.3 Å². The van der Waals surface area contributed by atoms with Crippen LogP contribution < -0.4 is 16.0 Å². The van der Waals surface area contributed by atoms with Crippen molar-refractivity contribution in [2.75, 3.05) is 30.8 Å². The van der Waals surface area contributed by atoms with Gasteiger partial charge in [0.25, 0.3) is 0 Å². The van der Waals surface area contributed by atoms with Crippen LogP contribution >= 0.6 is 0 Å². The maximum atomic E-state index is 11.6. The topological polar surface area (TPSA) is 71.2 Å². The van der Waals surface area contributed by atoms with Crippen molar-refractivity contribution < 1.29 is 4.79 Å². The average molecular weight is 248 g/mol. The predicted octanol–water partition coefficient (Wildman–Crippen LogP) is 0.935. The van der Waals surface area contributed by atoms with Crippen LogP contribution in [0.3, 0.4) is 0 Å². The van der Waals surface area contributed by atoms with Crippen LogP contribution in [0.2, 0.25) is 0 Å². The molecule has 1 saturated heterocycles. The predicted molar refractivity (Wildman–Crippen MR) is 72.4 cm³/mol. The number of anilines is 2. The summed E-state index contributed by atoms with van der Waals surface area (Å²) in [6, 6.07) is 1.94. The molecule has 0 aromatic carbocycles. The lowest BCUT2D eigenvalue weighted by atomic mass is 9.96. The Morgan fingerprint density at radius 3 is 2.72 bits per heavy atom. The van der Waals surface area contributed by atoms with Crippen LogP contribution in [0.25, 0.3) is 0 Å². The van der Waals surface area contributed by atoms with Crippen LogP contribution in [0.15, 0.2) is 12.3 Å². The third kappa shape index (κ3) is 2.55. The van der Waals surface area contributed by atoms with E-state index in [-0.39, 0.29) is 11.8 Å². The number of rotatable bonds is 2. The summed E-state index contributed by atoms with van der Waals surface area (Å²) in [5, 5.41) is 2.71. The van der Waals surface area contributed by atoms with Gasteiger partial charge >= 0.3 is 0 Å². The number of amides is 1. The summed E-state index contributed by atoms with van der Waals surface area (Å²) in [4.78, 5) is 18.1. The van der Waals surface area contributed by atoms with Crippen molar-refractivity contribution in [2.45, 2.75) is 19.8 Å². The van der Waals surface area contributed by atoms with Gasteiger partial charge in [0.1, 0.15) is 0 Å². The molecule has 0 aliphatic carbocycles. The van der Waals surface area contributed by atoms with Crippen LogP contribution in [0.4, 0.5) is 11.5 Å². The quantitative estimate of drug-likeness (QED) is 0.817. The second-order valence-corrected chi connectivity index (χ2v) is 4.80. The second-order valence-electron chi connectivity index (χ2n) is 4.80. The Hall–Kier alpha value is -1.78. The molecule has 98 valence electrons. The first kappa shape index (κ1) is 12.7. The van der Waals surface area contributed by atoms with Crippen molar-refractivity contribution >= 4 is 17.4 Å². The number of carbonyl (C=O) groups excluding carboxylic acids is 1. The minimum Gasteiger partial charge on any atom is -0.396 e. The highest BCUT2D eigenvalue weighted by atomic mass is 16.1. The number of nitrogens with zero attached hydrogens (tertiary/aromatic N) is 2. The highest BCUT2D eigenvalue weighted by Gasteiger charge is 2.25. The molecule has 1 amide bonds. The Bertz CT molecular complexity index is 439. The van der Waals surface area contributed by atoms with Crippen LogP contribution in [0, 0.1) is 12.8 Å². The van der Waals surface area contributed by atoms with Gasteiger partial charge in [0.2, 0.25) is 5.91 Å². The van der Waals surface area contributed by atoms with Gasteiger partial charge in [0.15, 0.2) is 5.82 Å². The zero-order valence-electron chi connectivity index (χ0n) is 10.9. The molecule has 1 fully saturated rings. The van der Waals surface area contributed by atoms with Crippen LogP contribution in [-0.4, -0.2) is 31.0 Å². The molecule has 0 atom stereocenters. The smallest absolute Gasteiger partial charge is 0.222 e. The second kappa shape index (κ2) is 5.25. The van der Waals surface area contributed by atoms with Gasteiger partial charge in [-0.1, -0.05) is 0 Å². The van der Waals surface area contributed by atoms with E-state index in [0.29, 0.717) is 5.69 Å². The normalized spacial score (nSPS) is 16.7. The molecule has 2 rings (SSSR count). The van der Waals surface area contributed by atoms with Crippen LogP contribution in [0.5, 0.6) is 0 Å². The maximum absolute atomic E-state index is 11.6. The Balaban J connectivity index is 2.03. The lowest BCUT2D eigenvalue weighted by Crippen LogP contribution is -2.40. The molecule has 5 heteroatoms. The van der Waals surface area contributed by atoms with Gasteiger partial charge in [-0.2, -0.15) is 0 Å². The number of hydrogen-bond acceptors (Lipinski definition) is 4. The van der Waals surface area contributed by atoms with E-state index in [0.717, 1.165) is 37.3 Å². The summed E-state index contributed by atoms with van der Waals surface area (Å²) in [7, 11) is 1.69. The van der Waals surface area contributed by atoms with Crippen molar-refractivity contribution in [2.24, 2.45) is 5.92 Å². The first-order valence-corrected chi connectivity index (χ1v) is 6.30. The number of piperidine rings is 1. The van der Waals surface area contributed by atoms with E-state index in [1.807, 2.05) is 19.2 Å². The molecule has 1 aliphatic rings. The third-order valence-corrected chi connectivity index (χ3v) is 3.44. The summed E-state index contributed by atoms with van der Waals surface area (Å²) in [6.07, 6.45) is 3.54. The van der Waals surface area contributed by atoms with Crippen molar-refractivity contribution in [1.82, 2.24) is 10.3 Å². The molecule has 5 nitrogen and oxygen atoms in total. The fourth-order valence-electron chi connectivity index (χ4n) is 2.41. The van der Waals surface area contributed by atoms with Crippen molar-refractivity contribution in [1.29, 1.82) is 0 Å². The minimum absolute atomic E-state index is 0.123. The van der Waals surface area contributed by atoms with E-state index in [2.05, 4.69) is 15.2 Å². The monoisotopic (exact) mass is 248 g/mol. The number of carbonyl (C=O) groups is 1. The standard InChI is InChI=1S/C13H20N4O/c1-9-7-11(14)12(16-8-9)17-5-3-10(4-6-17)13(18)15-2/h7-8,10H,3-6,14H2,1-2H3,(H,15,18). The summed E-state index contributed by atoms with van der Waals surface area (Å²) < 4.78 is 0.